The summed E-state index contributed by atoms with van der Waals surface area (Å²) in [6, 6.07) is 9.51. The predicted molar refractivity (Wildman–Crippen MR) is 120 cm³/mol. The number of carbonyl (C=O) groups excluding carboxylic acids is 2. The minimum Gasteiger partial charge on any atom is -0.506 e. The quantitative estimate of drug-likeness (QED) is 0.689. The van der Waals surface area contributed by atoms with Crippen LogP contribution in [-0.4, -0.2) is 35.7 Å². The van der Waals surface area contributed by atoms with E-state index in [4.69, 9.17) is 14.2 Å². The van der Waals surface area contributed by atoms with Crippen molar-refractivity contribution in [2.24, 2.45) is 5.92 Å². The van der Waals surface area contributed by atoms with Crippen LogP contribution < -0.4 is 9.47 Å². The Morgan fingerprint density at radius 2 is 1.88 bits per heavy atom. The Hall–Kier alpha value is -3.28. The molecule has 1 N–H and O–H groups in total. The van der Waals surface area contributed by atoms with Gasteiger partial charge in [0.25, 0.3) is 0 Å². The number of hydrogen-bond acceptors (Lipinski definition) is 6. The van der Waals surface area contributed by atoms with E-state index in [1.165, 1.54) is 7.11 Å². The Balaban J connectivity index is 2.06. The topological polar surface area (TPSA) is 82.1 Å². The maximum atomic E-state index is 13.3. The van der Waals surface area contributed by atoms with Gasteiger partial charge in [-0.1, -0.05) is 37.3 Å². The maximum absolute atomic E-state index is 13.3. The first-order valence-corrected chi connectivity index (χ1v) is 10.8. The summed E-state index contributed by atoms with van der Waals surface area (Å²) >= 11 is 0. The van der Waals surface area contributed by atoms with Crippen LogP contribution in [0.25, 0.3) is 6.08 Å². The molecule has 0 amide bonds. The second-order valence-electron chi connectivity index (χ2n) is 8.97. The van der Waals surface area contributed by atoms with E-state index in [0.717, 1.165) is 5.56 Å². The van der Waals surface area contributed by atoms with E-state index in [1.54, 1.807) is 13.0 Å². The number of hydrogen-bond donors (Lipinski definition) is 1. The number of carbonyl (C=O) groups is 2. The summed E-state index contributed by atoms with van der Waals surface area (Å²) in [7, 11) is 1.35. The summed E-state index contributed by atoms with van der Waals surface area (Å²) in [5.41, 5.74) is 1.35. The summed E-state index contributed by atoms with van der Waals surface area (Å²) < 4.78 is 17.5. The highest BCUT2D eigenvalue weighted by Crippen LogP contribution is 2.54. The number of ether oxygens (including phenoxy) is 3. The number of phenolic OH excluding ortho intramolecular Hbond substituents is 1. The average molecular weight is 437 g/mol. The van der Waals surface area contributed by atoms with E-state index in [0.29, 0.717) is 16.9 Å². The highest BCUT2D eigenvalue weighted by atomic mass is 16.5. The second-order valence-corrected chi connectivity index (χ2v) is 8.97. The Morgan fingerprint density at radius 1 is 1.19 bits per heavy atom. The monoisotopic (exact) mass is 436 g/mol. The van der Waals surface area contributed by atoms with E-state index in [2.05, 4.69) is 0 Å². The molecule has 2 aromatic carbocycles. The summed E-state index contributed by atoms with van der Waals surface area (Å²) in [4.78, 5) is 25.7. The van der Waals surface area contributed by atoms with Gasteiger partial charge >= 0.3 is 5.97 Å². The summed E-state index contributed by atoms with van der Waals surface area (Å²) in [6.07, 6.45) is 3.24. The zero-order valence-electron chi connectivity index (χ0n) is 19.0. The van der Waals surface area contributed by atoms with Crippen LogP contribution in [0.5, 0.6) is 17.2 Å². The fraction of sp³-hybridized carbons (Fsp3) is 0.385. The van der Waals surface area contributed by atoms with Crippen LogP contribution in [0.2, 0.25) is 0 Å². The van der Waals surface area contributed by atoms with Crippen LogP contribution >= 0.6 is 0 Å². The Bertz CT molecular complexity index is 1100. The van der Waals surface area contributed by atoms with Crippen molar-refractivity contribution in [3.63, 3.8) is 0 Å². The number of esters is 1. The Morgan fingerprint density at radius 3 is 2.53 bits per heavy atom. The first-order valence-electron chi connectivity index (χ1n) is 10.8. The molecule has 0 aliphatic carbocycles. The van der Waals surface area contributed by atoms with Gasteiger partial charge in [-0.15, -0.1) is 0 Å². The van der Waals surface area contributed by atoms with Crippen molar-refractivity contribution in [3.8, 4) is 17.2 Å². The van der Waals surface area contributed by atoms with Crippen LogP contribution in [-0.2, 0) is 9.53 Å². The first-order chi connectivity index (χ1) is 15.1. The van der Waals surface area contributed by atoms with Gasteiger partial charge in [0.1, 0.15) is 34.5 Å². The highest BCUT2D eigenvalue weighted by Gasteiger charge is 2.42. The summed E-state index contributed by atoms with van der Waals surface area (Å²) in [5.74, 6) is -0.963. The molecule has 0 aromatic heterocycles. The smallest absolute Gasteiger partial charge is 0.306 e. The van der Waals surface area contributed by atoms with Gasteiger partial charge in [0.2, 0.25) is 0 Å². The van der Waals surface area contributed by atoms with E-state index in [1.807, 2.05) is 57.2 Å². The third kappa shape index (κ3) is 3.64. The van der Waals surface area contributed by atoms with Crippen LogP contribution in [0.3, 0.4) is 0 Å². The maximum Gasteiger partial charge on any atom is 0.306 e. The average Bonchev–Trinajstić information content (AvgIpc) is 2.76. The molecular weight excluding hydrogens is 408 g/mol. The number of methoxy groups -OCH3 is 1. The lowest BCUT2D eigenvalue weighted by molar-refractivity contribution is -0.140. The fourth-order valence-electron chi connectivity index (χ4n) is 4.30. The standard InChI is InChI=1S/C26H28O6/c1-14-15(2)31-25-20(18(13-19(27)30-5)16-9-7-6-8-10-16)24-17(11-12-26(3,4)32-24)23(29)21(25)22(14)28/h6-12,14-15,18,29H,13H2,1-5H3/t14-,15-,18+/m0/s1. The van der Waals surface area contributed by atoms with Gasteiger partial charge in [0, 0.05) is 11.5 Å². The molecule has 0 radical (unpaired) electrons. The van der Waals surface area contributed by atoms with E-state index in [9.17, 15) is 14.7 Å². The summed E-state index contributed by atoms with van der Waals surface area (Å²) in [6.45, 7) is 7.42. The van der Waals surface area contributed by atoms with Crippen molar-refractivity contribution in [1.82, 2.24) is 0 Å². The third-order valence-corrected chi connectivity index (χ3v) is 6.29. The van der Waals surface area contributed by atoms with Crippen molar-refractivity contribution in [2.75, 3.05) is 7.11 Å². The lowest BCUT2D eigenvalue weighted by Gasteiger charge is -2.37. The molecule has 168 valence electrons. The lowest BCUT2D eigenvalue weighted by atomic mass is 9.80. The third-order valence-electron chi connectivity index (χ3n) is 6.29. The molecule has 3 atom stereocenters. The number of rotatable bonds is 4. The number of benzene rings is 2. The number of fused-ring (bicyclic) bond motifs is 2. The zero-order valence-corrected chi connectivity index (χ0v) is 19.0. The van der Waals surface area contributed by atoms with Gasteiger partial charge in [0.15, 0.2) is 5.78 Å². The minimum absolute atomic E-state index is 0.0269. The molecule has 32 heavy (non-hydrogen) atoms. The molecule has 6 nitrogen and oxygen atoms in total. The highest BCUT2D eigenvalue weighted by molar-refractivity contribution is 6.06. The molecule has 6 heteroatoms. The van der Waals surface area contributed by atoms with E-state index in [-0.39, 0.29) is 29.3 Å². The van der Waals surface area contributed by atoms with E-state index >= 15 is 0 Å². The van der Waals surface area contributed by atoms with Gasteiger partial charge in [-0.05, 0) is 38.5 Å². The van der Waals surface area contributed by atoms with Gasteiger partial charge in [0.05, 0.1) is 25.0 Å². The fourth-order valence-corrected chi connectivity index (χ4v) is 4.30. The van der Waals surface area contributed by atoms with Gasteiger partial charge in [-0.3, -0.25) is 9.59 Å². The van der Waals surface area contributed by atoms with Crippen molar-refractivity contribution < 1.29 is 28.9 Å². The SMILES string of the molecule is COC(=O)C[C@H](c1ccccc1)c1c2c(c(O)c3c1O[C@@H](C)[C@H](C)C3=O)C=CC(C)(C)O2. The normalized spacial score (nSPS) is 21.6. The number of Topliss-reactive ketones (excluding diaryl/α,β-unsaturated/α-hetero) is 1. The molecule has 0 bridgehead atoms. The Labute approximate surface area is 187 Å². The van der Waals surface area contributed by atoms with Crippen molar-refractivity contribution in [2.45, 2.75) is 51.7 Å². The molecule has 4 rings (SSSR count). The molecule has 0 saturated carbocycles. The Kier molecular flexibility index (Phi) is 5.49. The number of phenols is 1. The predicted octanol–water partition coefficient (Wildman–Crippen LogP) is 4.87. The molecule has 2 aromatic rings. The van der Waals surface area contributed by atoms with Crippen molar-refractivity contribution >= 4 is 17.8 Å². The van der Waals surface area contributed by atoms with Crippen molar-refractivity contribution in [3.05, 3.63) is 58.7 Å². The number of aromatic hydroxyl groups is 1. The molecule has 0 unspecified atom stereocenters. The molecule has 0 spiro atoms. The molecule has 2 aliphatic rings. The van der Waals surface area contributed by atoms with Gasteiger partial charge in [-0.25, -0.2) is 0 Å². The number of ketones is 1. The molecule has 0 fully saturated rings. The summed E-state index contributed by atoms with van der Waals surface area (Å²) in [5, 5.41) is 11.1. The molecular formula is C26H28O6. The minimum atomic E-state index is -0.646. The molecule has 2 heterocycles. The van der Waals surface area contributed by atoms with Crippen LogP contribution in [0.1, 0.15) is 67.1 Å². The zero-order chi connectivity index (χ0) is 23.2. The van der Waals surface area contributed by atoms with Crippen LogP contribution in [0, 0.1) is 5.92 Å². The first kappa shape index (κ1) is 21.9. The van der Waals surface area contributed by atoms with Gasteiger partial charge in [-0.2, -0.15) is 0 Å². The van der Waals surface area contributed by atoms with Gasteiger partial charge < -0.3 is 19.3 Å². The largest absolute Gasteiger partial charge is 0.506 e. The molecule has 2 aliphatic heterocycles. The lowest BCUT2D eigenvalue weighted by Crippen LogP contribution is -2.36. The second kappa shape index (κ2) is 8.01. The van der Waals surface area contributed by atoms with Crippen LogP contribution in [0.4, 0.5) is 0 Å². The molecule has 0 saturated heterocycles. The van der Waals surface area contributed by atoms with Crippen LogP contribution in [0.15, 0.2) is 36.4 Å². The van der Waals surface area contributed by atoms with Crippen molar-refractivity contribution in [1.29, 1.82) is 0 Å². The van der Waals surface area contributed by atoms with E-state index < -0.39 is 29.5 Å².